The maximum Gasteiger partial charge on any atom is 0.257 e. The Morgan fingerprint density at radius 2 is 1.88 bits per heavy atom. The van der Waals surface area contributed by atoms with Crippen LogP contribution in [0.5, 0.6) is 5.75 Å². The molecule has 2 aliphatic rings. The van der Waals surface area contributed by atoms with Crippen LogP contribution in [0.15, 0.2) is 53.3 Å². The van der Waals surface area contributed by atoms with Gasteiger partial charge in [0.15, 0.2) is 0 Å². The molecule has 1 amide bonds. The summed E-state index contributed by atoms with van der Waals surface area (Å²) in [5.74, 6) is 1.56. The van der Waals surface area contributed by atoms with Crippen LogP contribution in [0, 0.1) is 5.92 Å². The molecule has 1 saturated heterocycles. The number of fused-ring (bicyclic) bond motifs is 1. The summed E-state index contributed by atoms with van der Waals surface area (Å²) < 4.78 is 14.7. The molecule has 3 aromatic rings. The molecule has 6 nitrogen and oxygen atoms in total. The third kappa shape index (κ3) is 4.69. The van der Waals surface area contributed by atoms with Crippen molar-refractivity contribution in [3.05, 3.63) is 58.8 Å². The molecule has 168 valence electrons. The Kier molecular flexibility index (Phi) is 6.46. The number of ether oxygens (including phenoxy) is 2. The van der Waals surface area contributed by atoms with Crippen LogP contribution in [0.25, 0.3) is 11.0 Å². The van der Waals surface area contributed by atoms with Crippen molar-refractivity contribution in [3.63, 3.8) is 0 Å². The van der Waals surface area contributed by atoms with Crippen molar-refractivity contribution < 1.29 is 14.3 Å². The number of para-hydroxylation sites is 1. The molecule has 5 rings (SSSR count). The highest BCUT2D eigenvalue weighted by Crippen LogP contribution is 2.31. The van der Waals surface area contributed by atoms with Gasteiger partial charge < -0.3 is 18.9 Å². The first kappa shape index (κ1) is 21.5. The second-order valence-electron chi connectivity index (χ2n) is 8.69. The minimum absolute atomic E-state index is 0.0480. The molecular weight excluding hydrogens is 470 g/mol. The summed E-state index contributed by atoms with van der Waals surface area (Å²) in [5.41, 5.74) is 2.49. The number of benzene rings is 1. The first-order valence-electron chi connectivity index (χ1n) is 11.4. The van der Waals surface area contributed by atoms with E-state index in [1.54, 1.807) is 6.20 Å². The number of halogens is 1. The standard InChI is InChI=1S/C25H28BrN3O3/c26-19-14-23-24(27-15-19)22(25(30)28-10-12-31-13-11-28)17-29(23)16-18-6-8-21(9-7-18)32-20-4-2-1-3-5-20/h1-5,14-15,17-18,21H,6-13,16H2. The van der Waals surface area contributed by atoms with Gasteiger partial charge in [-0.3, -0.25) is 9.78 Å². The lowest BCUT2D eigenvalue weighted by Gasteiger charge is -2.29. The van der Waals surface area contributed by atoms with Gasteiger partial charge in [0, 0.05) is 36.5 Å². The predicted octanol–water partition coefficient (Wildman–Crippen LogP) is 4.91. The van der Waals surface area contributed by atoms with E-state index in [4.69, 9.17) is 9.47 Å². The molecule has 0 bridgehead atoms. The van der Waals surface area contributed by atoms with Crippen molar-refractivity contribution in [2.45, 2.75) is 38.3 Å². The van der Waals surface area contributed by atoms with Crippen LogP contribution < -0.4 is 4.74 Å². The molecule has 0 radical (unpaired) electrons. The summed E-state index contributed by atoms with van der Waals surface area (Å²) in [4.78, 5) is 19.7. The van der Waals surface area contributed by atoms with Crippen LogP contribution in [0.3, 0.4) is 0 Å². The monoisotopic (exact) mass is 497 g/mol. The summed E-state index contributed by atoms with van der Waals surface area (Å²) in [6.07, 6.45) is 8.41. The van der Waals surface area contributed by atoms with E-state index in [1.165, 1.54) is 0 Å². The third-order valence-electron chi connectivity index (χ3n) is 6.51. The Bertz CT molecular complexity index is 1070. The number of hydrogen-bond acceptors (Lipinski definition) is 4. The molecule has 2 aromatic heterocycles. The fourth-order valence-corrected chi connectivity index (χ4v) is 5.11. The Hall–Kier alpha value is -2.38. The minimum atomic E-state index is 0.0480. The highest BCUT2D eigenvalue weighted by Gasteiger charge is 2.26. The van der Waals surface area contributed by atoms with E-state index in [2.05, 4.69) is 31.5 Å². The molecular formula is C25H28BrN3O3. The number of aromatic nitrogens is 2. The summed E-state index contributed by atoms with van der Waals surface area (Å²) >= 11 is 3.55. The molecule has 0 N–H and O–H groups in total. The van der Waals surface area contributed by atoms with Gasteiger partial charge in [0.2, 0.25) is 0 Å². The second-order valence-corrected chi connectivity index (χ2v) is 9.61. The number of pyridine rings is 1. The maximum absolute atomic E-state index is 13.2. The lowest BCUT2D eigenvalue weighted by atomic mass is 9.87. The Balaban J connectivity index is 1.30. The first-order chi connectivity index (χ1) is 15.7. The van der Waals surface area contributed by atoms with Gasteiger partial charge in [0.25, 0.3) is 5.91 Å². The van der Waals surface area contributed by atoms with Crippen LogP contribution in [-0.4, -0.2) is 52.8 Å². The van der Waals surface area contributed by atoms with E-state index < -0.39 is 0 Å². The van der Waals surface area contributed by atoms with E-state index in [-0.39, 0.29) is 12.0 Å². The van der Waals surface area contributed by atoms with Crippen LogP contribution in [0.2, 0.25) is 0 Å². The molecule has 1 aliphatic carbocycles. The highest BCUT2D eigenvalue weighted by molar-refractivity contribution is 9.10. The van der Waals surface area contributed by atoms with Gasteiger partial charge in [-0.1, -0.05) is 18.2 Å². The summed E-state index contributed by atoms with van der Waals surface area (Å²) in [5, 5.41) is 0. The minimum Gasteiger partial charge on any atom is -0.490 e. The van der Waals surface area contributed by atoms with Crippen molar-refractivity contribution in [3.8, 4) is 5.75 Å². The lowest BCUT2D eigenvalue weighted by Crippen LogP contribution is -2.40. The largest absolute Gasteiger partial charge is 0.490 e. The van der Waals surface area contributed by atoms with Crippen molar-refractivity contribution in [2.24, 2.45) is 5.92 Å². The summed E-state index contributed by atoms with van der Waals surface area (Å²) in [6.45, 7) is 3.35. The zero-order valence-electron chi connectivity index (χ0n) is 18.1. The SMILES string of the molecule is O=C(c1cn(CC2CCC(Oc3ccccc3)CC2)c2cc(Br)cnc12)N1CCOCC1. The molecule has 0 atom stereocenters. The number of carbonyl (C=O) groups excluding carboxylic acids is 1. The Labute approximate surface area is 196 Å². The first-order valence-corrected chi connectivity index (χ1v) is 12.2. The topological polar surface area (TPSA) is 56.6 Å². The van der Waals surface area contributed by atoms with Crippen LogP contribution in [-0.2, 0) is 11.3 Å². The van der Waals surface area contributed by atoms with E-state index in [1.807, 2.05) is 41.4 Å². The third-order valence-corrected chi connectivity index (χ3v) is 6.94. The molecule has 0 spiro atoms. The van der Waals surface area contributed by atoms with Crippen molar-refractivity contribution in [1.82, 2.24) is 14.5 Å². The van der Waals surface area contributed by atoms with Gasteiger partial charge in [0.1, 0.15) is 11.3 Å². The predicted molar refractivity (Wildman–Crippen MR) is 127 cm³/mol. The molecule has 32 heavy (non-hydrogen) atoms. The summed E-state index contributed by atoms with van der Waals surface area (Å²) in [6, 6.07) is 12.2. The highest BCUT2D eigenvalue weighted by atomic mass is 79.9. The number of morpholine rings is 1. The van der Waals surface area contributed by atoms with Crippen LogP contribution in [0.4, 0.5) is 0 Å². The zero-order valence-corrected chi connectivity index (χ0v) is 19.7. The quantitative estimate of drug-likeness (QED) is 0.502. The van der Waals surface area contributed by atoms with E-state index in [0.717, 1.165) is 53.5 Å². The van der Waals surface area contributed by atoms with Gasteiger partial charge in [-0.2, -0.15) is 0 Å². The number of rotatable bonds is 5. The number of carbonyl (C=O) groups is 1. The molecule has 1 aliphatic heterocycles. The average molecular weight is 498 g/mol. The molecule has 2 fully saturated rings. The van der Waals surface area contributed by atoms with Crippen molar-refractivity contribution >= 4 is 32.9 Å². The molecule has 0 unspecified atom stereocenters. The molecule has 3 heterocycles. The van der Waals surface area contributed by atoms with Crippen molar-refractivity contribution in [2.75, 3.05) is 26.3 Å². The van der Waals surface area contributed by atoms with Gasteiger partial charge >= 0.3 is 0 Å². The lowest BCUT2D eigenvalue weighted by molar-refractivity contribution is 0.0304. The normalized spacial score (nSPS) is 21.6. The Morgan fingerprint density at radius 3 is 2.62 bits per heavy atom. The van der Waals surface area contributed by atoms with Crippen molar-refractivity contribution in [1.29, 1.82) is 0 Å². The van der Waals surface area contributed by atoms with Gasteiger partial charge in [-0.15, -0.1) is 0 Å². The molecule has 7 heteroatoms. The Morgan fingerprint density at radius 1 is 1.12 bits per heavy atom. The smallest absolute Gasteiger partial charge is 0.257 e. The van der Waals surface area contributed by atoms with E-state index in [9.17, 15) is 4.79 Å². The van der Waals surface area contributed by atoms with Crippen LogP contribution in [0.1, 0.15) is 36.0 Å². The van der Waals surface area contributed by atoms with Crippen LogP contribution >= 0.6 is 15.9 Å². The maximum atomic E-state index is 13.2. The number of nitrogens with zero attached hydrogens (tertiary/aromatic N) is 3. The van der Waals surface area contributed by atoms with Gasteiger partial charge in [-0.25, -0.2) is 0 Å². The van der Waals surface area contributed by atoms with Gasteiger partial charge in [0.05, 0.1) is 30.4 Å². The summed E-state index contributed by atoms with van der Waals surface area (Å²) in [7, 11) is 0. The second kappa shape index (κ2) is 9.63. The molecule has 1 saturated carbocycles. The van der Waals surface area contributed by atoms with E-state index >= 15 is 0 Å². The fraction of sp³-hybridized carbons (Fsp3) is 0.440. The van der Waals surface area contributed by atoms with Gasteiger partial charge in [-0.05, 0) is 65.7 Å². The fourth-order valence-electron chi connectivity index (χ4n) is 4.79. The van der Waals surface area contributed by atoms with E-state index in [0.29, 0.717) is 37.8 Å². The number of amides is 1. The molecule has 1 aromatic carbocycles. The average Bonchev–Trinajstić information content (AvgIpc) is 3.18. The number of hydrogen-bond donors (Lipinski definition) is 0. The zero-order chi connectivity index (χ0) is 21.9.